The van der Waals surface area contributed by atoms with Crippen LogP contribution in [0, 0.1) is 5.41 Å². The molecule has 1 N–H and O–H groups in total. The van der Waals surface area contributed by atoms with Gasteiger partial charge in [-0.25, -0.2) is 8.42 Å². The lowest BCUT2D eigenvalue weighted by Gasteiger charge is -2.34. The van der Waals surface area contributed by atoms with Crippen molar-refractivity contribution >= 4 is 37.4 Å². The summed E-state index contributed by atoms with van der Waals surface area (Å²) in [6.45, 7) is 6.66. The van der Waals surface area contributed by atoms with Crippen molar-refractivity contribution in [1.82, 2.24) is 0 Å². The molecule has 0 aromatic heterocycles. The van der Waals surface area contributed by atoms with Gasteiger partial charge in [0, 0.05) is 0 Å². The first kappa shape index (κ1) is 14.7. The first-order chi connectivity index (χ1) is 5.97. The Kier molecular flexibility index (Phi) is 4.48. The van der Waals surface area contributed by atoms with E-state index in [9.17, 15) is 13.5 Å². The summed E-state index contributed by atoms with van der Waals surface area (Å²) < 4.78 is 21.3. The minimum atomic E-state index is -3.55. The average Bonchev–Trinajstić information content (AvgIpc) is 2.01. The fraction of sp³-hybridized carbons (Fsp3) is 1.00. The molecular formula is C8H16BrClO3S. The standard InChI is InChI=1S/C8H16BrClO3S/c1-5-14(12,13)8(9,10)6(11)7(2,3)4/h6,11H,5H2,1-4H3/t6-,8-/m1/s1. The summed E-state index contributed by atoms with van der Waals surface area (Å²) in [7, 11) is -3.55. The van der Waals surface area contributed by atoms with Crippen molar-refractivity contribution in [3.63, 3.8) is 0 Å². The van der Waals surface area contributed by atoms with Crippen molar-refractivity contribution in [3.8, 4) is 0 Å². The third-order valence-electron chi connectivity index (χ3n) is 1.93. The van der Waals surface area contributed by atoms with Gasteiger partial charge in [0.2, 0.25) is 3.12 Å². The van der Waals surface area contributed by atoms with Crippen LogP contribution in [0.4, 0.5) is 0 Å². The average molecular weight is 308 g/mol. The quantitative estimate of drug-likeness (QED) is 0.813. The SMILES string of the molecule is CCS(=O)(=O)[C@@](Cl)(Br)[C@H](O)C(C)(C)C. The highest BCUT2D eigenvalue weighted by molar-refractivity contribution is 9.12. The fourth-order valence-electron chi connectivity index (χ4n) is 0.867. The molecule has 14 heavy (non-hydrogen) atoms. The Labute approximate surface area is 98.9 Å². The maximum absolute atomic E-state index is 11.6. The number of hydrogen-bond acceptors (Lipinski definition) is 3. The lowest BCUT2D eigenvalue weighted by Crippen LogP contribution is -2.46. The molecule has 0 heterocycles. The summed E-state index contributed by atoms with van der Waals surface area (Å²) in [5.41, 5.74) is -0.604. The second kappa shape index (κ2) is 4.28. The van der Waals surface area contributed by atoms with Crippen LogP contribution in [0.5, 0.6) is 0 Å². The maximum Gasteiger partial charge on any atom is 0.225 e. The summed E-state index contributed by atoms with van der Waals surface area (Å²) >= 11 is 8.73. The third-order valence-corrected chi connectivity index (χ3v) is 6.57. The highest BCUT2D eigenvalue weighted by Crippen LogP contribution is 2.41. The second-order valence-electron chi connectivity index (χ2n) is 4.23. The highest BCUT2D eigenvalue weighted by atomic mass is 79.9. The van der Waals surface area contributed by atoms with Crippen molar-refractivity contribution < 1.29 is 13.5 Å². The minimum absolute atomic E-state index is 0.116. The fourth-order valence-corrected chi connectivity index (χ4v) is 3.97. The molecule has 0 bridgehead atoms. The van der Waals surface area contributed by atoms with Crippen molar-refractivity contribution in [3.05, 3.63) is 0 Å². The molecule has 0 aliphatic heterocycles. The summed E-state index contributed by atoms with van der Waals surface area (Å²) in [5, 5.41) is 9.82. The first-order valence-electron chi connectivity index (χ1n) is 4.25. The molecule has 0 spiro atoms. The number of hydrogen-bond donors (Lipinski definition) is 1. The molecule has 86 valence electrons. The molecule has 0 aromatic rings. The van der Waals surface area contributed by atoms with Crippen LogP contribution in [-0.4, -0.2) is 28.5 Å². The third kappa shape index (κ3) is 2.84. The Morgan fingerprint density at radius 3 is 2.00 bits per heavy atom. The summed E-state index contributed by atoms with van der Waals surface area (Å²) in [4.78, 5) is 0. The van der Waals surface area contributed by atoms with Crippen molar-refractivity contribution in [2.45, 2.75) is 36.9 Å². The molecule has 2 atom stereocenters. The van der Waals surface area contributed by atoms with E-state index in [1.165, 1.54) is 6.92 Å². The monoisotopic (exact) mass is 306 g/mol. The summed E-state index contributed by atoms with van der Waals surface area (Å²) in [6.07, 6.45) is -1.18. The molecule has 0 unspecified atom stereocenters. The second-order valence-corrected chi connectivity index (χ2v) is 9.74. The van der Waals surface area contributed by atoms with Crippen LogP contribution in [0.15, 0.2) is 0 Å². The van der Waals surface area contributed by atoms with E-state index >= 15 is 0 Å². The van der Waals surface area contributed by atoms with Gasteiger partial charge in [-0.1, -0.05) is 39.3 Å². The van der Waals surface area contributed by atoms with E-state index in [4.69, 9.17) is 11.6 Å². The van der Waals surface area contributed by atoms with Gasteiger partial charge in [0.05, 0.1) is 5.75 Å². The first-order valence-corrected chi connectivity index (χ1v) is 7.07. The van der Waals surface area contributed by atoms with E-state index in [0.717, 1.165) is 0 Å². The van der Waals surface area contributed by atoms with Gasteiger partial charge in [0.1, 0.15) is 6.10 Å². The van der Waals surface area contributed by atoms with E-state index in [1.807, 2.05) is 0 Å². The smallest absolute Gasteiger partial charge is 0.225 e. The number of rotatable bonds is 3. The molecule has 0 aliphatic rings. The van der Waals surface area contributed by atoms with E-state index < -0.39 is 24.5 Å². The molecule has 0 rings (SSSR count). The van der Waals surface area contributed by atoms with E-state index in [0.29, 0.717) is 0 Å². The van der Waals surface area contributed by atoms with Crippen LogP contribution in [0.25, 0.3) is 0 Å². The van der Waals surface area contributed by atoms with Gasteiger partial charge in [-0.2, -0.15) is 0 Å². The molecule has 3 nitrogen and oxygen atoms in total. The number of sulfone groups is 1. The van der Waals surface area contributed by atoms with E-state index in [2.05, 4.69) is 15.9 Å². The van der Waals surface area contributed by atoms with Crippen LogP contribution in [0.3, 0.4) is 0 Å². The topological polar surface area (TPSA) is 54.4 Å². The predicted molar refractivity (Wildman–Crippen MR) is 62.4 cm³/mol. The van der Waals surface area contributed by atoms with Gasteiger partial charge in [-0.05, 0) is 21.3 Å². The lowest BCUT2D eigenvalue weighted by atomic mass is 9.90. The molecular weight excluding hydrogens is 292 g/mol. The van der Waals surface area contributed by atoms with E-state index in [-0.39, 0.29) is 5.75 Å². The van der Waals surface area contributed by atoms with Gasteiger partial charge in [-0.15, -0.1) is 0 Å². The maximum atomic E-state index is 11.6. The number of aliphatic hydroxyl groups is 1. The largest absolute Gasteiger partial charge is 0.389 e. The Morgan fingerprint density at radius 1 is 1.43 bits per heavy atom. The normalized spacial score (nSPS) is 20.2. The van der Waals surface area contributed by atoms with Crippen molar-refractivity contribution in [1.29, 1.82) is 0 Å². The van der Waals surface area contributed by atoms with E-state index in [1.54, 1.807) is 20.8 Å². The van der Waals surface area contributed by atoms with Crippen LogP contribution < -0.4 is 0 Å². The zero-order chi connectivity index (χ0) is 11.8. The Balaban J connectivity index is 5.18. The predicted octanol–water partition coefficient (Wildman–Crippen LogP) is 2.12. The van der Waals surface area contributed by atoms with Gasteiger partial charge >= 0.3 is 0 Å². The van der Waals surface area contributed by atoms with Crippen LogP contribution in [-0.2, 0) is 9.84 Å². The number of alkyl halides is 2. The van der Waals surface area contributed by atoms with Crippen LogP contribution in [0.1, 0.15) is 27.7 Å². The number of aliphatic hydroxyl groups excluding tert-OH is 1. The minimum Gasteiger partial charge on any atom is -0.389 e. The molecule has 0 saturated heterocycles. The zero-order valence-electron chi connectivity index (χ0n) is 8.71. The molecule has 0 saturated carbocycles. The van der Waals surface area contributed by atoms with Crippen LogP contribution >= 0.6 is 27.5 Å². The lowest BCUT2D eigenvalue weighted by molar-refractivity contribution is 0.0692. The Hall–Kier alpha value is 0.680. The van der Waals surface area contributed by atoms with Gasteiger partial charge in [0.25, 0.3) is 0 Å². The van der Waals surface area contributed by atoms with Crippen molar-refractivity contribution in [2.75, 3.05) is 5.75 Å². The Bertz CT molecular complexity index is 292. The molecule has 0 aliphatic carbocycles. The van der Waals surface area contributed by atoms with Crippen LogP contribution in [0.2, 0.25) is 0 Å². The van der Waals surface area contributed by atoms with Gasteiger partial charge in [-0.3, -0.25) is 0 Å². The van der Waals surface area contributed by atoms with Gasteiger partial charge < -0.3 is 5.11 Å². The molecule has 0 aromatic carbocycles. The Morgan fingerprint density at radius 2 is 1.79 bits per heavy atom. The molecule has 6 heteroatoms. The molecule has 0 radical (unpaired) electrons. The molecule has 0 fully saturated rings. The number of halogens is 2. The van der Waals surface area contributed by atoms with Gasteiger partial charge in [0.15, 0.2) is 9.84 Å². The highest BCUT2D eigenvalue weighted by Gasteiger charge is 2.49. The summed E-state index contributed by atoms with van der Waals surface area (Å²) in [6, 6.07) is 0. The molecule has 0 amide bonds. The summed E-state index contributed by atoms with van der Waals surface area (Å²) in [5.74, 6) is -0.116. The van der Waals surface area contributed by atoms with Crippen molar-refractivity contribution in [2.24, 2.45) is 5.41 Å². The zero-order valence-corrected chi connectivity index (χ0v) is 11.9.